The number of nitrogens with one attached hydrogen (secondary N) is 3. The molecule has 8 N–H and O–H groups in total. The molecule has 1 aliphatic rings. The number of para-hydroxylation sites is 1. The Labute approximate surface area is 789 Å². The molecule has 0 bridgehead atoms. The number of thiazole rings is 1. The molecule has 0 atom stereocenters. The van der Waals surface area contributed by atoms with Crippen molar-refractivity contribution in [3.8, 4) is 22.9 Å². The maximum Gasteiger partial charge on any atom is 0.274 e. The van der Waals surface area contributed by atoms with Crippen LogP contribution in [-0.4, -0.2) is 147 Å². The number of aliphatic hydroxyl groups is 2. The van der Waals surface area contributed by atoms with E-state index in [1.165, 1.54) is 71.7 Å². The van der Waals surface area contributed by atoms with Crippen molar-refractivity contribution in [3.05, 3.63) is 413 Å². The fourth-order valence-corrected chi connectivity index (χ4v) is 16.3. The molecular formula is C104H92N14O19S. The lowest BCUT2D eigenvalue weighted by Gasteiger charge is -2.17. The Morgan fingerprint density at radius 3 is 1.33 bits per heavy atom. The van der Waals surface area contributed by atoms with Gasteiger partial charge in [0.05, 0.1) is 60.0 Å². The van der Waals surface area contributed by atoms with Crippen molar-refractivity contribution in [2.24, 2.45) is 0 Å². The first-order chi connectivity index (χ1) is 67.2. The lowest BCUT2D eigenvalue weighted by Crippen LogP contribution is -2.25. The number of fused-ring (bicyclic) bond motifs is 6. The summed E-state index contributed by atoms with van der Waals surface area (Å²) >= 11 is 1.55. The largest absolute Gasteiger partial charge is 0.492 e. The molecule has 0 aliphatic carbocycles. The summed E-state index contributed by atoms with van der Waals surface area (Å²) in [5.41, 5.74) is 9.78. The number of nitrogens with zero attached hydrogens (tertiary/aromatic N) is 11. The number of Topliss-reactive ketones (excluding diaryl/α,β-unsaturated/α-hetero) is 3. The van der Waals surface area contributed by atoms with Crippen LogP contribution in [0.4, 0.5) is 5.69 Å². The minimum absolute atomic E-state index is 0.125. The van der Waals surface area contributed by atoms with E-state index in [1.54, 1.807) is 139 Å². The third-order valence-corrected chi connectivity index (χ3v) is 23.8. The predicted molar refractivity (Wildman–Crippen MR) is 521 cm³/mol. The number of hydrogen-bond donors (Lipinski definition) is 8. The van der Waals surface area contributed by atoms with Gasteiger partial charge in [0, 0.05) is 142 Å². The second kappa shape index (κ2) is 45.6. The molecule has 1 fully saturated rings. The van der Waals surface area contributed by atoms with Crippen LogP contribution >= 0.6 is 11.3 Å². The first kappa shape index (κ1) is 95.6. The Morgan fingerprint density at radius 2 is 0.826 bits per heavy atom. The summed E-state index contributed by atoms with van der Waals surface area (Å²) in [6.45, 7) is 4.41. The molecule has 0 unspecified atom stereocenters. The number of aliphatic hydroxyl groups excluding tert-OH is 2. The summed E-state index contributed by atoms with van der Waals surface area (Å²) in [5.74, 6) is -0.899. The van der Waals surface area contributed by atoms with E-state index in [0.717, 1.165) is 85.5 Å². The van der Waals surface area contributed by atoms with Crippen molar-refractivity contribution in [3.63, 3.8) is 0 Å². The van der Waals surface area contributed by atoms with Gasteiger partial charge in [-0.3, -0.25) is 72.9 Å². The zero-order valence-electron chi connectivity index (χ0n) is 74.1. The average Bonchev–Trinajstić information content (AvgIpc) is 1.38. The van der Waals surface area contributed by atoms with E-state index < -0.39 is 48.1 Å². The summed E-state index contributed by atoms with van der Waals surface area (Å²) in [5, 5.41) is 50.1. The zero-order chi connectivity index (χ0) is 96.6. The van der Waals surface area contributed by atoms with Crippen LogP contribution in [0, 0.1) is 0 Å². The number of hydrogen-bond acceptors (Lipinski definition) is 24. The Morgan fingerprint density at radius 1 is 0.384 bits per heavy atom. The van der Waals surface area contributed by atoms with E-state index in [9.17, 15) is 52.7 Å². The highest BCUT2D eigenvalue weighted by atomic mass is 32.1. The third-order valence-electron chi connectivity index (χ3n) is 22.8. The van der Waals surface area contributed by atoms with Crippen LogP contribution in [-0.2, 0) is 45.9 Å². The molecule has 10 aromatic carbocycles. The van der Waals surface area contributed by atoms with Gasteiger partial charge >= 0.3 is 0 Å². The van der Waals surface area contributed by atoms with E-state index in [4.69, 9.17) is 40.0 Å². The summed E-state index contributed by atoms with van der Waals surface area (Å²) < 4.78 is 29.9. The number of aromatic nitrogens is 10. The molecule has 18 aromatic rings. The van der Waals surface area contributed by atoms with Gasteiger partial charge in [-0.25, -0.2) is 31.4 Å². The Bertz CT molecular complexity index is 7720. The van der Waals surface area contributed by atoms with E-state index in [-0.39, 0.29) is 56.6 Å². The van der Waals surface area contributed by atoms with E-state index in [1.807, 2.05) is 175 Å². The molecular weight excluding hydrogens is 1780 g/mol. The Balaban J connectivity index is 0.000000131. The van der Waals surface area contributed by atoms with Gasteiger partial charge in [0.2, 0.25) is 0 Å². The highest BCUT2D eigenvalue weighted by Gasteiger charge is 2.20. The Kier molecular flexibility index (Phi) is 31.6. The number of ketones is 3. The summed E-state index contributed by atoms with van der Waals surface area (Å²) in [4.78, 5) is 149. The number of carbonyl (C=O) groups is 6. The summed E-state index contributed by atoms with van der Waals surface area (Å²) in [6.07, 6.45) is 20.7. The molecule has 33 nitrogen and oxygen atoms in total. The normalized spacial score (nSPS) is 11.5. The fourth-order valence-electron chi connectivity index (χ4n) is 15.4. The lowest BCUT2D eigenvalue weighted by atomic mass is 10.1. The van der Waals surface area contributed by atoms with Gasteiger partial charge in [-0.05, 0) is 222 Å². The van der Waals surface area contributed by atoms with Crippen LogP contribution in [0.25, 0.3) is 69.9 Å². The van der Waals surface area contributed by atoms with Gasteiger partial charge in [-0.15, -0.1) is 11.3 Å². The van der Waals surface area contributed by atoms with Crippen molar-refractivity contribution in [2.75, 3.05) is 44.4 Å². The molecule has 1 saturated heterocycles. The molecule has 0 saturated carbocycles. The molecule has 34 heteroatoms. The quantitative estimate of drug-likeness (QED) is 0.0123. The molecule has 1 aliphatic heterocycles. The lowest BCUT2D eigenvalue weighted by molar-refractivity contribution is 0.0702. The number of pyridine rings is 4. The molecule has 8 aromatic heterocycles. The summed E-state index contributed by atoms with van der Waals surface area (Å²) in [7, 11) is 0. The highest BCUT2D eigenvalue weighted by Crippen LogP contribution is 2.27. The first-order valence-corrected chi connectivity index (χ1v) is 44.6. The number of ether oxygens (including phenoxy) is 3. The third kappa shape index (κ3) is 23.8. The molecule has 0 spiro atoms. The fraction of sp³-hybridized carbons (Fsp3) is 0.154. The Hall–Kier alpha value is -17.0. The SMILES string of the molecule is O=C(CO)c1ccc2ccn(CCOc3ccc(-n4ccnc4)cc3)c(=O)c2c1.O=C(CO)c1ccc2ccn(CCOc3ccc(OCc4ccccc4)cc3)c(=O)c2c1.O=C(Cn1cnc2ccc(C(=O)NO)cc2c1=O)c1ccc(N2CCCC2)cc1.O=C(NO)c1ccc2ccn(CCCn3cccc3)c(=O)c2c1.O=C(NO)c1ccc2ccn(Cc3nc4ccccc4s3)c(=O)c2c1. The number of rotatable bonds is 29. The van der Waals surface area contributed by atoms with Gasteiger partial charge < -0.3 is 56.7 Å². The molecule has 9 heterocycles. The van der Waals surface area contributed by atoms with E-state index in [2.05, 4.69) is 24.4 Å². The second-order valence-electron chi connectivity index (χ2n) is 31.7. The number of carbonyl (C=O) groups excluding carboxylic acids is 6. The van der Waals surface area contributed by atoms with Crippen molar-refractivity contribution in [1.29, 1.82) is 0 Å². The standard InChI is InChI=1S/C26H23NO5.C22H19N3O4.C21H20N4O4.C18H13N3O3S.C17H17N3O3/c28-17-25(29)21-7-6-20-12-13-27(26(30)24(20)16-21)14-15-31-22-8-10-23(11-9-22)32-18-19-4-2-1-3-5-19;26-14-21(27)17-2-1-16-7-9-24(22(28)20(16)13-17)11-12-29-19-5-3-18(4-6-19)25-10-8-23-15-25;26-19(14-3-6-16(7-4-14)24-9-1-2-10-24)12-25-13-22-18-8-5-15(20(27)23-29)11-17(18)21(25)28;22-17(20-24)12-6-5-11-7-8-21(18(23)13(11)9-12)10-16-19-14-3-1-2-4-15(14)25-16;21-16(18-23)14-5-4-13-6-11-20(17(22)15(13)12-14)10-3-9-19-7-1-2-8-19/h1-13,16,28H,14-15,17-18H2;1-10,13,15,26H,11-12,14H2;3-8,11,13,29H,1-2,9-10,12H2,(H,23,27);1-9,24H,10H2,(H,20,22);1-2,4-8,11-12,23H,3,9-10H2,(H,18,21). The number of benzene rings is 10. The second-order valence-corrected chi connectivity index (χ2v) is 32.8. The van der Waals surface area contributed by atoms with Crippen molar-refractivity contribution in [1.82, 2.24) is 63.4 Å². The summed E-state index contributed by atoms with van der Waals surface area (Å²) in [6, 6.07) is 74.9. The van der Waals surface area contributed by atoms with Crippen molar-refractivity contribution in [2.45, 2.75) is 65.1 Å². The zero-order valence-corrected chi connectivity index (χ0v) is 74.9. The number of aryl methyl sites for hydroxylation is 2. The molecule has 0 radical (unpaired) electrons. The van der Waals surface area contributed by atoms with Crippen LogP contribution in [0.1, 0.15) is 92.0 Å². The maximum absolute atomic E-state index is 12.8. The minimum atomic E-state index is -0.726. The van der Waals surface area contributed by atoms with Crippen LogP contribution < -0.4 is 63.3 Å². The predicted octanol–water partition coefficient (Wildman–Crippen LogP) is 13.1. The number of imidazole rings is 1. The van der Waals surface area contributed by atoms with Crippen LogP contribution in [0.5, 0.6) is 17.2 Å². The number of hydroxylamine groups is 3. The highest BCUT2D eigenvalue weighted by molar-refractivity contribution is 7.18. The minimum Gasteiger partial charge on any atom is -0.492 e. The smallest absolute Gasteiger partial charge is 0.274 e. The van der Waals surface area contributed by atoms with Gasteiger partial charge in [0.15, 0.2) is 17.3 Å². The molecule has 3 amide bonds. The van der Waals surface area contributed by atoms with Gasteiger partial charge in [-0.1, -0.05) is 78.9 Å². The number of anilines is 1. The molecule has 138 heavy (non-hydrogen) atoms. The van der Waals surface area contributed by atoms with Crippen molar-refractivity contribution >= 4 is 116 Å². The van der Waals surface area contributed by atoms with E-state index >= 15 is 0 Å². The van der Waals surface area contributed by atoms with Crippen LogP contribution in [0.3, 0.4) is 0 Å². The first-order valence-electron chi connectivity index (χ1n) is 43.8. The molecule has 19 rings (SSSR count). The van der Waals surface area contributed by atoms with Gasteiger partial charge in [-0.2, -0.15) is 0 Å². The van der Waals surface area contributed by atoms with E-state index in [0.29, 0.717) is 101 Å². The monoisotopic (exact) mass is 1870 g/mol. The number of amides is 3. The van der Waals surface area contributed by atoms with Crippen LogP contribution in [0.2, 0.25) is 0 Å². The van der Waals surface area contributed by atoms with Crippen molar-refractivity contribution < 1.29 is 68.8 Å². The average molecular weight is 1870 g/mol. The van der Waals surface area contributed by atoms with Crippen LogP contribution in [0.15, 0.2) is 341 Å². The van der Waals surface area contributed by atoms with Gasteiger partial charge in [0.25, 0.3) is 45.5 Å². The topological polar surface area (TPSA) is 429 Å². The maximum atomic E-state index is 12.8. The van der Waals surface area contributed by atoms with Gasteiger partial charge in [0.1, 0.15) is 55.3 Å². The molecule has 698 valence electrons.